The molecule has 0 aliphatic carbocycles. The van der Waals surface area contributed by atoms with Crippen molar-refractivity contribution in [2.45, 2.75) is 12.8 Å². The van der Waals surface area contributed by atoms with Gasteiger partial charge in [0.2, 0.25) is 0 Å². The normalized spacial score (nSPS) is 11.6. The van der Waals surface area contributed by atoms with E-state index < -0.39 is 25.0 Å². The molecule has 4 nitrogen and oxygen atoms in total. The Morgan fingerprint density at radius 3 is 2.62 bits per heavy atom. The third kappa shape index (κ3) is 2.79. The molecule has 0 fully saturated rings. The highest BCUT2D eigenvalue weighted by Crippen LogP contribution is 2.11. The molecule has 0 radical (unpaired) electrons. The van der Waals surface area contributed by atoms with E-state index in [0.29, 0.717) is 5.69 Å². The summed E-state index contributed by atoms with van der Waals surface area (Å²) in [5.41, 5.74) is 1.17. The van der Waals surface area contributed by atoms with Crippen LogP contribution < -0.4 is 5.32 Å². The highest BCUT2D eigenvalue weighted by atomic mass is 19.3. The molecule has 1 amide bonds. The Balaban J connectivity index is 2.64. The smallest absolute Gasteiger partial charge is 0.287 e. The molecule has 0 aliphatic heterocycles. The molecule has 1 rings (SSSR count). The number of aromatic nitrogens is 1. The van der Waals surface area contributed by atoms with Gasteiger partial charge in [0.15, 0.2) is 0 Å². The van der Waals surface area contributed by atoms with Crippen LogP contribution in [0.3, 0.4) is 0 Å². The molecule has 1 heterocycles. The average molecular weight is 232 g/mol. The minimum atomic E-state index is -3.28. The summed E-state index contributed by atoms with van der Waals surface area (Å²) in [4.78, 5) is 11.5. The Kier molecular flexibility index (Phi) is 3.64. The Labute approximate surface area is 91.9 Å². The molecule has 0 aromatic carbocycles. The number of nitrogens with zero attached hydrogens (tertiary/aromatic N) is 1. The van der Waals surface area contributed by atoms with Crippen molar-refractivity contribution in [2.24, 2.45) is 7.05 Å². The van der Waals surface area contributed by atoms with Crippen LogP contribution in [0.5, 0.6) is 0 Å². The number of aliphatic hydroxyl groups is 1. The number of alkyl halides is 2. The second-order valence-electron chi connectivity index (χ2n) is 3.62. The van der Waals surface area contributed by atoms with E-state index in [1.807, 2.05) is 0 Å². The summed E-state index contributed by atoms with van der Waals surface area (Å²) in [5, 5.41) is 10.4. The maximum Gasteiger partial charge on any atom is 0.287 e. The predicted octanol–water partition coefficient (Wildman–Crippen LogP) is 0.691. The van der Waals surface area contributed by atoms with Crippen LogP contribution in [0.4, 0.5) is 8.78 Å². The van der Waals surface area contributed by atoms with Crippen LogP contribution in [0.1, 0.15) is 16.2 Å². The van der Waals surface area contributed by atoms with Crippen LogP contribution in [-0.4, -0.2) is 34.7 Å². The first-order chi connectivity index (χ1) is 7.37. The number of halogens is 2. The van der Waals surface area contributed by atoms with Crippen LogP contribution in [0.25, 0.3) is 0 Å². The predicted molar refractivity (Wildman–Crippen MR) is 54.5 cm³/mol. The Hall–Kier alpha value is -1.43. The molecular weight excluding hydrogens is 218 g/mol. The Morgan fingerprint density at radius 2 is 2.19 bits per heavy atom. The van der Waals surface area contributed by atoms with E-state index in [1.165, 1.54) is 0 Å². The summed E-state index contributed by atoms with van der Waals surface area (Å²) in [5.74, 6) is -3.86. The Bertz CT molecular complexity index is 388. The van der Waals surface area contributed by atoms with Crippen molar-refractivity contribution in [3.05, 3.63) is 23.5 Å². The maximum absolute atomic E-state index is 12.7. The lowest BCUT2D eigenvalue weighted by Gasteiger charge is -2.14. The zero-order valence-corrected chi connectivity index (χ0v) is 9.13. The molecule has 0 spiro atoms. The van der Waals surface area contributed by atoms with Crippen LogP contribution in [0, 0.1) is 6.92 Å². The van der Waals surface area contributed by atoms with Crippen molar-refractivity contribution in [3.63, 3.8) is 0 Å². The van der Waals surface area contributed by atoms with Gasteiger partial charge in [-0.2, -0.15) is 0 Å². The SMILES string of the molecule is Cc1ccc(C(=O)NCC(F)(F)CO)n1C. The number of amides is 1. The van der Waals surface area contributed by atoms with E-state index in [2.05, 4.69) is 5.32 Å². The van der Waals surface area contributed by atoms with E-state index in [9.17, 15) is 13.6 Å². The lowest BCUT2D eigenvalue weighted by atomic mass is 10.3. The number of carbonyl (C=O) groups excluding carboxylic acids is 1. The second-order valence-corrected chi connectivity index (χ2v) is 3.62. The fourth-order valence-electron chi connectivity index (χ4n) is 1.20. The molecule has 90 valence electrons. The summed E-state index contributed by atoms with van der Waals surface area (Å²) >= 11 is 0. The number of nitrogens with one attached hydrogen (secondary N) is 1. The molecule has 0 aliphatic rings. The topological polar surface area (TPSA) is 54.3 Å². The van der Waals surface area contributed by atoms with Crippen LogP contribution in [0.15, 0.2) is 12.1 Å². The summed E-state index contributed by atoms with van der Waals surface area (Å²) in [6.45, 7) is -0.342. The van der Waals surface area contributed by atoms with Crippen LogP contribution in [-0.2, 0) is 7.05 Å². The van der Waals surface area contributed by atoms with Crippen molar-refractivity contribution in [1.29, 1.82) is 0 Å². The fourth-order valence-corrected chi connectivity index (χ4v) is 1.20. The van der Waals surface area contributed by atoms with Crippen molar-refractivity contribution in [3.8, 4) is 0 Å². The number of hydrogen-bond acceptors (Lipinski definition) is 2. The monoisotopic (exact) mass is 232 g/mol. The molecule has 6 heteroatoms. The highest BCUT2D eigenvalue weighted by Gasteiger charge is 2.28. The summed E-state index contributed by atoms with van der Waals surface area (Å²) < 4.78 is 26.9. The van der Waals surface area contributed by atoms with Gasteiger partial charge in [-0.1, -0.05) is 0 Å². The molecule has 0 saturated carbocycles. The average Bonchev–Trinajstić information content (AvgIpc) is 2.57. The van der Waals surface area contributed by atoms with Crippen LogP contribution in [0.2, 0.25) is 0 Å². The molecule has 16 heavy (non-hydrogen) atoms. The van der Waals surface area contributed by atoms with E-state index in [1.54, 1.807) is 30.7 Å². The fraction of sp³-hybridized carbons (Fsp3) is 0.500. The number of aliphatic hydroxyl groups excluding tert-OH is 1. The van der Waals surface area contributed by atoms with E-state index in [0.717, 1.165) is 5.69 Å². The van der Waals surface area contributed by atoms with Gasteiger partial charge in [-0.05, 0) is 19.1 Å². The number of hydrogen-bond donors (Lipinski definition) is 2. The lowest BCUT2D eigenvalue weighted by Crippen LogP contribution is -2.39. The van der Waals surface area contributed by atoms with E-state index in [-0.39, 0.29) is 0 Å². The molecule has 0 atom stereocenters. The summed E-state index contributed by atoms with van der Waals surface area (Å²) in [6, 6.07) is 3.28. The first-order valence-corrected chi connectivity index (χ1v) is 4.76. The van der Waals surface area contributed by atoms with Gasteiger partial charge in [-0.3, -0.25) is 4.79 Å². The van der Waals surface area contributed by atoms with Crippen molar-refractivity contribution in [1.82, 2.24) is 9.88 Å². The van der Waals surface area contributed by atoms with Crippen molar-refractivity contribution >= 4 is 5.91 Å². The lowest BCUT2D eigenvalue weighted by molar-refractivity contribution is -0.0462. The van der Waals surface area contributed by atoms with Gasteiger partial charge in [0, 0.05) is 12.7 Å². The summed E-state index contributed by atoms with van der Waals surface area (Å²) in [7, 11) is 1.68. The quantitative estimate of drug-likeness (QED) is 0.802. The van der Waals surface area contributed by atoms with Crippen LogP contribution >= 0.6 is 0 Å². The third-order valence-electron chi connectivity index (χ3n) is 2.34. The number of carbonyl (C=O) groups is 1. The zero-order chi connectivity index (χ0) is 12.3. The maximum atomic E-state index is 12.7. The van der Waals surface area contributed by atoms with Gasteiger partial charge in [0.25, 0.3) is 11.8 Å². The molecule has 1 aromatic heterocycles. The van der Waals surface area contributed by atoms with Gasteiger partial charge in [0.1, 0.15) is 12.3 Å². The van der Waals surface area contributed by atoms with E-state index in [4.69, 9.17) is 5.11 Å². The molecule has 0 saturated heterocycles. The van der Waals surface area contributed by atoms with Crippen molar-refractivity contribution in [2.75, 3.05) is 13.2 Å². The van der Waals surface area contributed by atoms with Gasteiger partial charge in [0.05, 0.1) is 6.54 Å². The zero-order valence-electron chi connectivity index (χ0n) is 9.13. The van der Waals surface area contributed by atoms with Gasteiger partial charge < -0.3 is 15.0 Å². The number of rotatable bonds is 4. The molecule has 2 N–H and O–H groups in total. The largest absolute Gasteiger partial charge is 0.390 e. The first-order valence-electron chi connectivity index (χ1n) is 4.76. The standard InChI is InChI=1S/C10H14F2N2O2/c1-7-3-4-8(14(7)2)9(16)13-5-10(11,12)6-15/h3-4,15H,5-6H2,1-2H3,(H,13,16). The molecule has 1 aromatic rings. The van der Waals surface area contributed by atoms with E-state index >= 15 is 0 Å². The first kappa shape index (κ1) is 12.6. The Morgan fingerprint density at radius 1 is 1.56 bits per heavy atom. The molecular formula is C10H14F2N2O2. The molecule has 0 unspecified atom stereocenters. The minimum Gasteiger partial charge on any atom is -0.390 e. The third-order valence-corrected chi connectivity index (χ3v) is 2.34. The minimum absolute atomic E-state index is 0.311. The van der Waals surface area contributed by atoms with Gasteiger partial charge in [-0.15, -0.1) is 0 Å². The van der Waals surface area contributed by atoms with Crippen molar-refractivity contribution < 1.29 is 18.7 Å². The molecule has 0 bridgehead atoms. The van der Waals surface area contributed by atoms with Gasteiger partial charge in [-0.25, -0.2) is 8.78 Å². The highest BCUT2D eigenvalue weighted by molar-refractivity contribution is 5.92. The second kappa shape index (κ2) is 4.61. The number of aryl methyl sites for hydroxylation is 1. The van der Waals surface area contributed by atoms with Gasteiger partial charge >= 0.3 is 0 Å². The summed E-state index contributed by atoms with van der Waals surface area (Å²) in [6.07, 6.45) is 0.